The lowest BCUT2D eigenvalue weighted by Crippen LogP contribution is -2.56. The molecule has 0 spiro atoms. The second-order valence-electron chi connectivity index (χ2n) is 6.07. The molecule has 2 aromatic rings. The second kappa shape index (κ2) is 7.65. The summed E-state index contributed by atoms with van der Waals surface area (Å²) in [6, 6.07) is 7.42. The summed E-state index contributed by atoms with van der Waals surface area (Å²) in [7, 11) is 0. The van der Waals surface area contributed by atoms with Gasteiger partial charge in [-0.05, 0) is 26.0 Å². The molecule has 1 aliphatic rings. The van der Waals surface area contributed by atoms with Crippen LogP contribution in [0.2, 0.25) is 0 Å². The van der Waals surface area contributed by atoms with Gasteiger partial charge in [0.2, 0.25) is 11.8 Å². The average molecular weight is 359 g/mol. The summed E-state index contributed by atoms with van der Waals surface area (Å²) in [5, 5.41) is 5.46. The number of ether oxygens (including phenoxy) is 1. The number of rotatable bonds is 5. The smallest absolute Gasteiger partial charge is 0.242 e. The highest BCUT2D eigenvalue weighted by Crippen LogP contribution is 2.17. The number of aryl methyl sites for hydroxylation is 1. The molecule has 1 unspecified atom stereocenters. The molecular weight excluding hydrogens is 338 g/mol. The lowest BCUT2D eigenvalue weighted by Gasteiger charge is -2.32. The Kier molecular flexibility index (Phi) is 5.33. The number of thiazole rings is 1. The normalized spacial score (nSPS) is 17.3. The number of carbonyl (C=O) groups is 2. The first-order valence-corrected chi connectivity index (χ1v) is 9.11. The van der Waals surface area contributed by atoms with Crippen LogP contribution in [0.15, 0.2) is 29.6 Å². The number of carbonyl (C=O) groups excluding carboxylic acids is 2. The molecule has 0 saturated carbocycles. The summed E-state index contributed by atoms with van der Waals surface area (Å²) in [6.45, 7) is 5.19. The maximum absolute atomic E-state index is 12.4. The predicted octanol–water partition coefficient (Wildman–Crippen LogP) is 1.92. The second-order valence-corrected chi connectivity index (χ2v) is 7.01. The van der Waals surface area contributed by atoms with Crippen LogP contribution < -0.4 is 10.1 Å². The van der Waals surface area contributed by atoms with Gasteiger partial charge in [0.15, 0.2) is 0 Å². The van der Waals surface area contributed by atoms with Crippen molar-refractivity contribution in [3.05, 3.63) is 45.9 Å². The first kappa shape index (κ1) is 17.4. The van der Waals surface area contributed by atoms with Crippen LogP contribution >= 0.6 is 11.3 Å². The molecule has 25 heavy (non-hydrogen) atoms. The van der Waals surface area contributed by atoms with E-state index < -0.39 is 6.04 Å². The summed E-state index contributed by atoms with van der Waals surface area (Å²) in [6.07, 6.45) is 0.207. The molecule has 0 radical (unpaired) electrons. The minimum Gasteiger partial charge on any atom is -0.486 e. The number of piperazine rings is 1. The molecule has 132 valence electrons. The van der Waals surface area contributed by atoms with Gasteiger partial charge in [0.05, 0.1) is 12.1 Å². The topological polar surface area (TPSA) is 71.5 Å². The molecule has 1 atom stereocenters. The molecule has 3 rings (SSSR count). The molecule has 2 amide bonds. The van der Waals surface area contributed by atoms with Gasteiger partial charge in [0.1, 0.15) is 23.4 Å². The van der Waals surface area contributed by atoms with Gasteiger partial charge in [0.25, 0.3) is 0 Å². The molecule has 1 saturated heterocycles. The van der Waals surface area contributed by atoms with E-state index in [-0.39, 0.29) is 18.2 Å². The van der Waals surface area contributed by atoms with Gasteiger partial charge in [-0.3, -0.25) is 9.59 Å². The zero-order valence-electron chi connectivity index (χ0n) is 14.3. The van der Waals surface area contributed by atoms with Crippen LogP contribution in [0.1, 0.15) is 23.2 Å². The van der Waals surface area contributed by atoms with Crippen molar-refractivity contribution in [3.63, 3.8) is 0 Å². The maximum atomic E-state index is 12.4. The van der Waals surface area contributed by atoms with Gasteiger partial charge in [-0.15, -0.1) is 11.3 Å². The van der Waals surface area contributed by atoms with Crippen LogP contribution in [-0.2, 0) is 22.6 Å². The van der Waals surface area contributed by atoms with Gasteiger partial charge in [0, 0.05) is 18.5 Å². The van der Waals surface area contributed by atoms with E-state index in [0.717, 1.165) is 16.5 Å². The first-order valence-electron chi connectivity index (χ1n) is 8.23. The van der Waals surface area contributed by atoms with Gasteiger partial charge < -0.3 is 15.0 Å². The fourth-order valence-electron chi connectivity index (χ4n) is 2.66. The molecule has 1 N–H and O–H groups in total. The standard InChI is InChI=1S/C18H21N3O3S/c1-12-3-5-15(6-4-12)24-10-16-20-14(11-25-16)9-17(22)21-8-7-19-18(23)13(21)2/h3-6,11,13H,7-10H2,1-2H3,(H,19,23). The third-order valence-corrected chi connectivity index (χ3v) is 5.01. The van der Waals surface area contributed by atoms with Crippen molar-refractivity contribution in [1.29, 1.82) is 0 Å². The Labute approximate surface area is 150 Å². The van der Waals surface area contributed by atoms with Crippen LogP contribution in [0.3, 0.4) is 0 Å². The molecule has 7 heteroatoms. The summed E-state index contributed by atoms with van der Waals surface area (Å²) < 4.78 is 5.71. The molecule has 1 aliphatic heterocycles. The van der Waals surface area contributed by atoms with E-state index in [4.69, 9.17) is 4.74 Å². The SMILES string of the molecule is Cc1ccc(OCc2nc(CC(=O)N3CCNC(=O)C3C)cs2)cc1. The van der Waals surface area contributed by atoms with E-state index in [1.54, 1.807) is 11.8 Å². The van der Waals surface area contributed by atoms with E-state index in [1.807, 2.05) is 36.6 Å². The van der Waals surface area contributed by atoms with Crippen LogP contribution in [0.5, 0.6) is 5.75 Å². The minimum atomic E-state index is -0.427. The lowest BCUT2D eigenvalue weighted by molar-refractivity contribution is -0.142. The summed E-state index contributed by atoms with van der Waals surface area (Å²) in [4.78, 5) is 30.2. The van der Waals surface area contributed by atoms with Crippen LogP contribution in [-0.4, -0.2) is 40.8 Å². The van der Waals surface area contributed by atoms with E-state index in [2.05, 4.69) is 10.3 Å². The molecule has 1 aromatic heterocycles. The van der Waals surface area contributed by atoms with Crippen molar-refractivity contribution in [1.82, 2.24) is 15.2 Å². The number of hydrogen-bond donors (Lipinski definition) is 1. The molecule has 1 fully saturated rings. The van der Waals surface area contributed by atoms with Gasteiger partial charge >= 0.3 is 0 Å². The van der Waals surface area contributed by atoms with Crippen LogP contribution in [0.25, 0.3) is 0 Å². The van der Waals surface area contributed by atoms with Crippen molar-refractivity contribution in [2.45, 2.75) is 32.9 Å². The largest absolute Gasteiger partial charge is 0.486 e. The molecule has 1 aromatic carbocycles. The fraction of sp³-hybridized carbons (Fsp3) is 0.389. The number of nitrogens with one attached hydrogen (secondary N) is 1. The zero-order chi connectivity index (χ0) is 17.8. The fourth-order valence-corrected chi connectivity index (χ4v) is 3.36. The highest BCUT2D eigenvalue weighted by atomic mass is 32.1. The van der Waals surface area contributed by atoms with Crippen LogP contribution in [0.4, 0.5) is 0 Å². The third kappa shape index (κ3) is 4.36. The molecule has 0 bridgehead atoms. The number of nitrogens with zero attached hydrogens (tertiary/aromatic N) is 2. The van der Waals surface area contributed by atoms with Gasteiger partial charge in [-0.1, -0.05) is 17.7 Å². The quantitative estimate of drug-likeness (QED) is 0.885. The Hall–Kier alpha value is -2.41. The van der Waals surface area contributed by atoms with E-state index in [9.17, 15) is 9.59 Å². The minimum absolute atomic E-state index is 0.0707. The van der Waals surface area contributed by atoms with Crippen molar-refractivity contribution >= 4 is 23.2 Å². The van der Waals surface area contributed by atoms with Gasteiger partial charge in [-0.2, -0.15) is 0 Å². The highest BCUT2D eigenvalue weighted by molar-refractivity contribution is 7.09. The van der Waals surface area contributed by atoms with Gasteiger partial charge in [-0.25, -0.2) is 4.98 Å². The Morgan fingerprint density at radius 1 is 1.40 bits per heavy atom. The highest BCUT2D eigenvalue weighted by Gasteiger charge is 2.29. The van der Waals surface area contributed by atoms with Crippen molar-refractivity contribution in [2.75, 3.05) is 13.1 Å². The third-order valence-electron chi connectivity index (χ3n) is 4.13. The molecular formula is C18H21N3O3S. The summed E-state index contributed by atoms with van der Waals surface area (Å²) in [5.74, 6) is 0.621. The Balaban J connectivity index is 1.55. The Morgan fingerprint density at radius 3 is 2.92 bits per heavy atom. The number of hydrogen-bond acceptors (Lipinski definition) is 5. The van der Waals surface area contributed by atoms with E-state index >= 15 is 0 Å². The van der Waals surface area contributed by atoms with Crippen molar-refractivity contribution in [2.24, 2.45) is 0 Å². The Bertz CT molecular complexity index is 757. The monoisotopic (exact) mass is 359 g/mol. The van der Waals surface area contributed by atoms with Crippen molar-refractivity contribution < 1.29 is 14.3 Å². The number of aromatic nitrogens is 1. The number of amides is 2. The lowest BCUT2D eigenvalue weighted by atomic mass is 10.2. The summed E-state index contributed by atoms with van der Waals surface area (Å²) >= 11 is 1.48. The average Bonchev–Trinajstić information content (AvgIpc) is 3.04. The zero-order valence-corrected chi connectivity index (χ0v) is 15.1. The van der Waals surface area contributed by atoms with Crippen molar-refractivity contribution in [3.8, 4) is 5.75 Å². The number of benzene rings is 1. The molecule has 6 nitrogen and oxygen atoms in total. The first-order chi connectivity index (χ1) is 12.0. The van der Waals surface area contributed by atoms with E-state index in [1.165, 1.54) is 16.9 Å². The predicted molar refractivity (Wildman–Crippen MR) is 95.5 cm³/mol. The maximum Gasteiger partial charge on any atom is 0.242 e. The van der Waals surface area contributed by atoms with E-state index in [0.29, 0.717) is 19.7 Å². The molecule has 2 heterocycles. The van der Waals surface area contributed by atoms with Crippen LogP contribution in [0, 0.1) is 6.92 Å². The molecule has 0 aliphatic carbocycles. The Morgan fingerprint density at radius 2 is 2.16 bits per heavy atom. The summed E-state index contributed by atoms with van der Waals surface area (Å²) in [5.41, 5.74) is 1.90.